The van der Waals surface area contributed by atoms with E-state index in [1.807, 2.05) is 17.6 Å². The molecule has 2 aromatic heterocycles. The summed E-state index contributed by atoms with van der Waals surface area (Å²) in [5.41, 5.74) is 2.29. The van der Waals surface area contributed by atoms with E-state index in [2.05, 4.69) is 34.6 Å². The first-order valence-electron chi connectivity index (χ1n) is 5.35. The summed E-state index contributed by atoms with van der Waals surface area (Å²) in [6, 6.07) is 10.4. The third-order valence-electron chi connectivity index (χ3n) is 2.64. The van der Waals surface area contributed by atoms with Crippen molar-refractivity contribution in [2.45, 2.75) is 6.54 Å². The van der Waals surface area contributed by atoms with E-state index >= 15 is 0 Å². The highest BCUT2D eigenvalue weighted by atomic mass is 35.5. The van der Waals surface area contributed by atoms with Gasteiger partial charge in [0.1, 0.15) is 0 Å². The molecule has 0 amide bonds. The summed E-state index contributed by atoms with van der Waals surface area (Å²) >= 11 is 7.56. The van der Waals surface area contributed by atoms with Gasteiger partial charge in [0.15, 0.2) is 0 Å². The van der Waals surface area contributed by atoms with Crippen molar-refractivity contribution < 1.29 is 0 Å². The average molecular weight is 263 g/mol. The number of aromatic amines is 1. The van der Waals surface area contributed by atoms with E-state index in [-0.39, 0.29) is 0 Å². The molecular weight excluding hydrogens is 252 g/mol. The summed E-state index contributed by atoms with van der Waals surface area (Å²) in [6.45, 7) is 0.813. The Labute approximate surface area is 108 Å². The summed E-state index contributed by atoms with van der Waals surface area (Å²) in [7, 11) is 0. The van der Waals surface area contributed by atoms with Crippen LogP contribution < -0.4 is 5.32 Å². The van der Waals surface area contributed by atoms with E-state index in [1.54, 1.807) is 11.3 Å². The first-order valence-corrected chi connectivity index (χ1v) is 6.61. The standard InChI is InChI=1S/C13H11ClN2S/c14-10-6-12(17-8-10)7-16-11-1-2-13-9(5-11)3-4-15-13/h1-6,8,15-16H,7H2. The molecule has 2 N–H and O–H groups in total. The van der Waals surface area contributed by atoms with E-state index < -0.39 is 0 Å². The lowest BCUT2D eigenvalue weighted by Crippen LogP contribution is -1.96. The SMILES string of the molecule is Clc1csc(CNc2ccc3[nH]ccc3c2)c1. The quantitative estimate of drug-likeness (QED) is 0.715. The van der Waals surface area contributed by atoms with Crippen molar-refractivity contribution in [2.75, 3.05) is 5.32 Å². The van der Waals surface area contributed by atoms with Crippen molar-refractivity contribution in [3.05, 3.63) is 51.8 Å². The van der Waals surface area contributed by atoms with Gasteiger partial charge in [-0.05, 0) is 30.3 Å². The molecular formula is C13H11ClN2S. The highest BCUT2D eigenvalue weighted by molar-refractivity contribution is 7.10. The summed E-state index contributed by atoms with van der Waals surface area (Å²) < 4.78 is 0. The molecule has 0 atom stereocenters. The van der Waals surface area contributed by atoms with Crippen LogP contribution in [0.2, 0.25) is 5.02 Å². The zero-order valence-corrected chi connectivity index (χ0v) is 10.6. The number of hydrogen-bond donors (Lipinski definition) is 2. The van der Waals surface area contributed by atoms with Gasteiger partial charge in [-0.3, -0.25) is 0 Å². The van der Waals surface area contributed by atoms with E-state index in [0.29, 0.717) is 0 Å². The number of benzene rings is 1. The lowest BCUT2D eigenvalue weighted by Gasteiger charge is -2.04. The number of fused-ring (bicyclic) bond motifs is 1. The Hall–Kier alpha value is -1.45. The molecule has 2 heterocycles. The smallest absolute Gasteiger partial charge is 0.0516 e. The molecule has 0 unspecified atom stereocenters. The highest BCUT2D eigenvalue weighted by Gasteiger charge is 1.99. The van der Waals surface area contributed by atoms with Crippen molar-refractivity contribution in [3.8, 4) is 0 Å². The lowest BCUT2D eigenvalue weighted by atomic mass is 10.2. The van der Waals surface area contributed by atoms with Gasteiger partial charge in [-0.25, -0.2) is 0 Å². The second kappa shape index (κ2) is 4.43. The van der Waals surface area contributed by atoms with Crippen LogP contribution in [0, 0.1) is 0 Å². The molecule has 2 nitrogen and oxygen atoms in total. The van der Waals surface area contributed by atoms with Gasteiger partial charge >= 0.3 is 0 Å². The molecule has 86 valence electrons. The molecule has 3 rings (SSSR count). The van der Waals surface area contributed by atoms with Crippen LogP contribution in [-0.4, -0.2) is 4.98 Å². The van der Waals surface area contributed by atoms with Crippen molar-refractivity contribution >= 4 is 39.5 Å². The number of anilines is 1. The van der Waals surface area contributed by atoms with Gasteiger partial charge in [-0.2, -0.15) is 0 Å². The summed E-state index contributed by atoms with van der Waals surface area (Å²) in [6.07, 6.45) is 1.95. The Morgan fingerprint density at radius 3 is 3.00 bits per heavy atom. The molecule has 0 spiro atoms. The van der Waals surface area contributed by atoms with Gasteiger partial charge in [0.05, 0.1) is 5.02 Å². The Balaban J connectivity index is 1.76. The molecule has 1 aromatic carbocycles. The van der Waals surface area contributed by atoms with Crippen molar-refractivity contribution in [2.24, 2.45) is 0 Å². The minimum Gasteiger partial charge on any atom is -0.380 e. The number of thiophene rings is 1. The molecule has 0 saturated heterocycles. The Kier molecular flexibility index (Phi) is 2.79. The maximum Gasteiger partial charge on any atom is 0.0516 e. The van der Waals surface area contributed by atoms with Gasteiger partial charge in [0.2, 0.25) is 0 Å². The van der Waals surface area contributed by atoms with Crippen LogP contribution >= 0.6 is 22.9 Å². The number of H-pyrrole nitrogens is 1. The van der Waals surface area contributed by atoms with Crippen LogP contribution in [0.1, 0.15) is 4.88 Å². The molecule has 3 aromatic rings. The van der Waals surface area contributed by atoms with Crippen LogP contribution in [0.4, 0.5) is 5.69 Å². The maximum atomic E-state index is 5.88. The highest BCUT2D eigenvalue weighted by Crippen LogP contribution is 2.22. The Bertz CT molecular complexity index is 641. The minimum absolute atomic E-state index is 0.813. The topological polar surface area (TPSA) is 27.8 Å². The molecule has 0 saturated carbocycles. The van der Waals surface area contributed by atoms with Gasteiger partial charge in [-0.1, -0.05) is 11.6 Å². The van der Waals surface area contributed by atoms with Crippen LogP contribution in [-0.2, 0) is 6.54 Å². The van der Waals surface area contributed by atoms with E-state index in [1.165, 1.54) is 10.3 Å². The third kappa shape index (κ3) is 2.30. The molecule has 0 aliphatic carbocycles. The molecule has 0 aliphatic rings. The number of hydrogen-bond acceptors (Lipinski definition) is 2. The Morgan fingerprint density at radius 2 is 2.18 bits per heavy atom. The molecule has 17 heavy (non-hydrogen) atoms. The number of halogens is 1. The fourth-order valence-electron chi connectivity index (χ4n) is 1.80. The van der Waals surface area contributed by atoms with Gasteiger partial charge in [-0.15, -0.1) is 11.3 Å². The largest absolute Gasteiger partial charge is 0.380 e. The fourth-order valence-corrected chi connectivity index (χ4v) is 2.81. The van der Waals surface area contributed by atoms with Crippen LogP contribution in [0.5, 0.6) is 0 Å². The molecule has 0 aliphatic heterocycles. The number of nitrogens with one attached hydrogen (secondary N) is 2. The summed E-state index contributed by atoms with van der Waals surface area (Å²) in [4.78, 5) is 4.42. The predicted octanol–water partition coefficient (Wildman–Crippen LogP) is 4.49. The molecule has 0 bridgehead atoms. The fraction of sp³-hybridized carbons (Fsp3) is 0.0769. The number of rotatable bonds is 3. The van der Waals surface area contributed by atoms with Crippen molar-refractivity contribution in [3.63, 3.8) is 0 Å². The van der Waals surface area contributed by atoms with E-state index in [4.69, 9.17) is 11.6 Å². The average Bonchev–Trinajstić information content (AvgIpc) is 2.94. The lowest BCUT2D eigenvalue weighted by molar-refractivity contribution is 1.20. The third-order valence-corrected chi connectivity index (χ3v) is 3.93. The summed E-state index contributed by atoms with van der Waals surface area (Å²) in [5, 5.41) is 7.38. The van der Waals surface area contributed by atoms with Crippen LogP contribution in [0.3, 0.4) is 0 Å². The van der Waals surface area contributed by atoms with Crippen LogP contribution in [0.25, 0.3) is 10.9 Å². The van der Waals surface area contributed by atoms with Crippen molar-refractivity contribution in [1.82, 2.24) is 4.98 Å². The zero-order chi connectivity index (χ0) is 11.7. The van der Waals surface area contributed by atoms with Gasteiger partial charge in [0, 0.05) is 39.6 Å². The van der Waals surface area contributed by atoms with E-state index in [0.717, 1.165) is 22.8 Å². The second-order valence-electron chi connectivity index (χ2n) is 3.86. The Morgan fingerprint density at radius 1 is 1.24 bits per heavy atom. The molecule has 4 heteroatoms. The molecule has 0 fully saturated rings. The monoisotopic (exact) mass is 262 g/mol. The van der Waals surface area contributed by atoms with Crippen molar-refractivity contribution in [1.29, 1.82) is 0 Å². The zero-order valence-electron chi connectivity index (χ0n) is 9.03. The minimum atomic E-state index is 0.813. The van der Waals surface area contributed by atoms with Gasteiger partial charge < -0.3 is 10.3 Å². The maximum absolute atomic E-state index is 5.88. The van der Waals surface area contributed by atoms with Crippen LogP contribution in [0.15, 0.2) is 41.9 Å². The molecule has 0 radical (unpaired) electrons. The second-order valence-corrected chi connectivity index (χ2v) is 5.30. The first kappa shape index (κ1) is 10.7. The predicted molar refractivity (Wildman–Crippen MR) is 75.0 cm³/mol. The van der Waals surface area contributed by atoms with Gasteiger partial charge in [0.25, 0.3) is 0 Å². The van der Waals surface area contributed by atoms with E-state index in [9.17, 15) is 0 Å². The number of aromatic nitrogens is 1. The first-order chi connectivity index (χ1) is 8.31. The normalized spacial score (nSPS) is 10.9. The summed E-state index contributed by atoms with van der Waals surface area (Å²) in [5.74, 6) is 0.